The average molecular weight is 248 g/mol. The molecule has 2 atom stereocenters. The normalized spacial score (nSPS) is 31.2. The lowest BCUT2D eigenvalue weighted by Crippen LogP contribution is -2.45. The molecule has 1 saturated carbocycles. The fraction of sp³-hybridized carbons (Fsp3) is 0.667. The molecule has 1 fully saturated rings. The highest BCUT2D eigenvalue weighted by Crippen LogP contribution is 2.45. The minimum atomic E-state index is -0.594. The van der Waals surface area contributed by atoms with Crippen LogP contribution in [0.4, 0.5) is 5.82 Å². The van der Waals surface area contributed by atoms with Crippen molar-refractivity contribution in [2.24, 2.45) is 11.3 Å². The van der Waals surface area contributed by atoms with E-state index in [9.17, 15) is 5.11 Å². The molecule has 18 heavy (non-hydrogen) atoms. The predicted octanol–water partition coefficient (Wildman–Crippen LogP) is 2.78. The van der Waals surface area contributed by atoms with E-state index in [0.29, 0.717) is 23.6 Å². The van der Waals surface area contributed by atoms with Gasteiger partial charge in [-0.15, -0.1) is 0 Å². The van der Waals surface area contributed by atoms with Crippen molar-refractivity contribution in [2.45, 2.75) is 52.1 Å². The van der Waals surface area contributed by atoms with E-state index in [4.69, 9.17) is 5.73 Å². The number of pyridine rings is 1. The third kappa shape index (κ3) is 2.83. The number of nitrogen functional groups attached to an aromatic ring is 1. The molecule has 0 amide bonds. The molecule has 1 heterocycles. The highest BCUT2D eigenvalue weighted by molar-refractivity contribution is 5.32. The summed E-state index contributed by atoms with van der Waals surface area (Å²) in [6.45, 7) is 6.73. The van der Waals surface area contributed by atoms with Gasteiger partial charge in [0, 0.05) is 12.6 Å². The number of nitrogens with zero attached hydrogens (tertiary/aromatic N) is 1. The maximum Gasteiger partial charge on any atom is 0.123 e. The molecule has 2 rings (SSSR count). The van der Waals surface area contributed by atoms with Crippen LogP contribution in [0.1, 0.15) is 45.6 Å². The number of hydrogen-bond acceptors (Lipinski definition) is 3. The van der Waals surface area contributed by atoms with Crippen molar-refractivity contribution in [3.63, 3.8) is 0 Å². The summed E-state index contributed by atoms with van der Waals surface area (Å²) in [6, 6.07) is 3.81. The zero-order valence-corrected chi connectivity index (χ0v) is 11.6. The molecule has 0 saturated heterocycles. The molecule has 0 bridgehead atoms. The number of aromatic nitrogens is 1. The second kappa shape index (κ2) is 4.54. The third-order valence-corrected chi connectivity index (χ3v) is 4.37. The topological polar surface area (TPSA) is 59.1 Å². The molecule has 0 spiro atoms. The van der Waals surface area contributed by atoms with Gasteiger partial charge in [0.1, 0.15) is 5.82 Å². The van der Waals surface area contributed by atoms with Gasteiger partial charge in [0.05, 0.1) is 5.60 Å². The van der Waals surface area contributed by atoms with Gasteiger partial charge in [-0.05, 0) is 48.3 Å². The number of nitrogens with two attached hydrogens (primary N) is 1. The number of hydrogen-bond donors (Lipinski definition) is 2. The van der Waals surface area contributed by atoms with Crippen LogP contribution in [0.5, 0.6) is 0 Å². The molecular weight excluding hydrogens is 224 g/mol. The van der Waals surface area contributed by atoms with Crippen LogP contribution in [-0.2, 0) is 6.42 Å². The Bertz CT molecular complexity index is 430. The summed E-state index contributed by atoms with van der Waals surface area (Å²) < 4.78 is 0. The minimum Gasteiger partial charge on any atom is -0.389 e. The Hall–Kier alpha value is -1.09. The Kier molecular flexibility index (Phi) is 3.37. The molecule has 1 aliphatic carbocycles. The first-order chi connectivity index (χ1) is 8.31. The zero-order chi connectivity index (χ0) is 13.4. The van der Waals surface area contributed by atoms with E-state index in [1.54, 1.807) is 6.20 Å². The molecule has 100 valence electrons. The third-order valence-electron chi connectivity index (χ3n) is 4.37. The number of anilines is 1. The first-order valence-electron chi connectivity index (χ1n) is 6.74. The van der Waals surface area contributed by atoms with Crippen LogP contribution < -0.4 is 5.73 Å². The summed E-state index contributed by atoms with van der Waals surface area (Å²) >= 11 is 0. The lowest BCUT2D eigenvalue weighted by molar-refractivity contribution is -0.0704. The van der Waals surface area contributed by atoms with Crippen molar-refractivity contribution in [2.75, 3.05) is 5.73 Å². The van der Waals surface area contributed by atoms with Crippen LogP contribution in [0.2, 0.25) is 0 Å². The van der Waals surface area contributed by atoms with Crippen molar-refractivity contribution in [1.29, 1.82) is 0 Å². The first-order valence-corrected chi connectivity index (χ1v) is 6.74. The molecule has 1 aliphatic rings. The van der Waals surface area contributed by atoms with Gasteiger partial charge in [0.25, 0.3) is 0 Å². The van der Waals surface area contributed by atoms with E-state index in [1.165, 1.54) is 0 Å². The fourth-order valence-corrected chi connectivity index (χ4v) is 3.14. The van der Waals surface area contributed by atoms with Crippen molar-refractivity contribution < 1.29 is 5.11 Å². The van der Waals surface area contributed by atoms with Crippen LogP contribution in [0, 0.1) is 11.3 Å². The van der Waals surface area contributed by atoms with Crippen LogP contribution in [0.15, 0.2) is 18.3 Å². The maximum absolute atomic E-state index is 10.9. The van der Waals surface area contributed by atoms with Crippen LogP contribution in [0.25, 0.3) is 0 Å². The Balaban J connectivity index is 2.13. The monoisotopic (exact) mass is 248 g/mol. The maximum atomic E-state index is 10.9. The van der Waals surface area contributed by atoms with E-state index in [1.807, 2.05) is 12.1 Å². The molecule has 0 aromatic carbocycles. The van der Waals surface area contributed by atoms with Crippen LogP contribution in [0.3, 0.4) is 0 Å². The Morgan fingerprint density at radius 1 is 1.44 bits per heavy atom. The van der Waals surface area contributed by atoms with Crippen LogP contribution in [-0.4, -0.2) is 15.7 Å². The first kappa shape index (κ1) is 13.3. The standard InChI is InChI=1S/C15H24N2O/c1-11-9-14(2,3)5-6-15(11,18)10-12-4-7-17-13(16)8-12/h4,7-8,11,18H,5-6,9-10H2,1-3H3,(H2,16,17). The molecule has 3 N–H and O–H groups in total. The minimum absolute atomic E-state index is 0.315. The van der Waals surface area contributed by atoms with Gasteiger partial charge < -0.3 is 10.8 Å². The van der Waals surface area contributed by atoms with Crippen LogP contribution >= 0.6 is 0 Å². The van der Waals surface area contributed by atoms with Gasteiger partial charge in [-0.1, -0.05) is 20.8 Å². The lowest BCUT2D eigenvalue weighted by Gasteiger charge is -2.45. The summed E-state index contributed by atoms with van der Waals surface area (Å²) in [6.07, 6.45) is 5.41. The van der Waals surface area contributed by atoms with E-state index >= 15 is 0 Å². The summed E-state index contributed by atoms with van der Waals surface area (Å²) in [5.74, 6) is 0.843. The SMILES string of the molecule is CC1CC(C)(C)CCC1(O)Cc1ccnc(N)c1. The number of aliphatic hydroxyl groups is 1. The van der Waals surface area contributed by atoms with Gasteiger partial charge in [-0.2, -0.15) is 0 Å². The quantitative estimate of drug-likeness (QED) is 0.846. The van der Waals surface area contributed by atoms with E-state index in [-0.39, 0.29) is 0 Å². The molecule has 3 heteroatoms. The second-order valence-corrected chi connectivity index (χ2v) is 6.64. The molecule has 0 aliphatic heterocycles. The van der Waals surface area contributed by atoms with Gasteiger partial charge >= 0.3 is 0 Å². The second-order valence-electron chi connectivity index (χ2n) is 6.64. The predicted molar refractivity (Wildman–Crippen MR) is 74.1 cm³/mol. The average Bonchev–Trinajstić information content (AvgIpc) is 2.24. The van der Waals surface area contributed by atoms with Crippen molar-refractivity contribution in [1.82, 2.24) is 4.98 Å². The van der Waals surface area contributed by atoms with Gasteiger partial charge in [-0.25, -0.2) is 4.98 Å². The highest BCUT2D eigenvalue weighted by atomic mass is 16.3. The van der Waals surface area contributed by atoms with Gasteiger partial charge in [0.15, 0.2) is 0 Å². The summed E-state index contributed by atoms with van der Waals surface area (Å²) in [5, 5.41) is 10.9. The van der Waals surface area contributed by atoms with Crippen molar-refractivity contribution in [3.05, 3.63) is 23.9 Å². The fourth-order valence-electron chi connectivity index (χ4n) is 3.14. The number of rotatable bonds is 2. The van der Waals surface area contributed by atoms with E-state index < -0.39 is 5.60 Å². The molecule has 2 unspecified atom stereocenters. The molecule has 0 radical (unpaired) electrons. The van der Waals surface area contributed by atoms with E-state index in [2.05, 4.69) is 25.8 Å². The molecular formula is C15H24N2O. The summed E-state index contributed by atoms with van der Waals surface area (Å²) in [4.78, 5) is 3.99. The summed E-state index contributed by atoms with van der Waals surface area (Å²) in [7, 11) is 0. The smallest absolute Gasteiger partial charge is 0.123 e. The van der Waals surface area contributed by atoms with E-state index in [0.717, 1.165) is 24.8 Å². The van der Waals surface area contributed by atoms with Gasteiger partial charge in [-0.3, -0.25) is 0 Å². The lowest BCUT2D eigenvalue weighted by atomic mass is 9.64. The highest BCUT2D eigenvalue weighted by Gasteiger charge is 2.42. The van der Waals surface area contributed by atoms with Gasteiger partial charge in [0.2, 0.25) is 0 Å². The Labute approximate surface area is 109 Å². The molecule has 1 aromatic heterocycles. The Morgan fingerprint density at radius 2 is 2.17 bits per heavy atom. The Morgan fingerprint density at radius 3 is 2.78 bits per heavy atom. The van der Waals surface area contributed by atoms with Crippen molar-refractivity contribution in [3.8, 4) is 0 Å². The molecule has 3 nitrogen and oxygen atoms in total. The molecule has 1 aromatic rings. The van der Waals surface area contributed by atoms with Crippen molar-refractivity contribution >= 4 is 5.82 Å². The summed E-state index contributed by atoms with van der Waals surface area (Å²) in [5.41, 5.74) is 6.53. The largest absolute Gasteiger partial charge is 0.389 e. The zero-order valence-electron chi connectivity index (χ0n) is 11.6.